The van der Waals surface area contributed by atoms with Crippen molar-refractivity contribution in [2.24, 2.45) is 0 Å². The third-order valence-corrected chi connectivity index (χ3v) is 4.41. The molecule has 0 aliphatic carbocycles. The number of benzene rings is 1. The number of anilines is 1. The molecule has 1 saturated heterocycles. The smallest absolute Gasteiger partial charge is 0.321 e. The molecule has 1 aliphatic heterocycles. The standard InChI is InChI=1S/C17H20Cl2N4O3/c1-2-7-20-17(26)22-15(24)10-23-8-3-4-14(23)16(25)21-13-6-5-11(18)9-12(13)19/h2,5-6,9,14H,1,3-4,7-8,10H2,(H,21,25)(H2,20,22,24,26). The van der Waals surface area contributed by atoms with Crippen LogP contribution in [-0.4, -0.2) is 48.4 Å². The summed E-state index contributed by atoms with van der Waals surface area (Å²) in [4.78, 5) is 37.7. The van der Waals surface area contributed by atoms with Gasteiger partial charge < -0.3 is 10.6 Å². The van der Waals surface area contributed by atoms with E-state index in [1.165, 1.54) is 6.08 Å². The Balaban J connectivity index is 1.92. The normalized spacial score (nSPS) is 16.8. The highest BCUT2D eigenvalue weighted by Gasteiger charge is 2.32. The van der Waals surface area contributed by atoms with Crippen molar-refractivity contribution in [3.8, 4) is 0 Å². The molecule has 1 aromatic carbocycles. The van der Waals surface area contributed by atoms with Crippen LogP contribution in [0.2, 0.25) is 10.0 Å². The van der Waals surface area contributed by atoms with E-state index in [-0.39, 0.29) is 19.0 Å². The maximum atomic E-state index is 12.5. The number of carbonyl (C=O) groups excluding carboxylic acids is 3. The number of urea groups is 1. The van der Waals surface area contributed by atoms with E-state index in [0.717, 1.165) is 6.42 Å². The van der Waals surface area contributed by atoms with Gasteiger partial charge in [0.25, 0.3) is 0 Å². The van der Waals surface area contributed by atoms with Crippen LogP contribution >= 0.6 is 23.2 Å². The minimum Gasteiger partial charge on any atom is -0.334 e. The molecular formula is C17H20Cl2N4O3. The first-order chi connectivity index (χ1) is 12.4. The van der Waals surface area contributed by atoms with E-state index in [4.69, 9.17) is 23.2 Å². The van der Waals surface area contributed by atoms with Gasteiger partial charge in [0.1, 0.15) is 0 Å². The second-order valence-corrected chi connectivity index (χ2v) is 6.63. The Morgan fingerprint density at radius 3 is 2.77 bits per heavy atom. The number of amides is 4. The van der Waals surface area contributed by atoms with Crippen molar-refractivity contribution in [3.63, 3.8) is 0 Å². The first kappa shape index (κ1) is 20.2. The SMILES string of the molecule is C=CCNC(=O)NC(=O)CN1CCCC1C(=O)Nc1ccc(Cl)cc1Cl. The van der Waals surface area contributed by atoms with Crippen molar-refractivity contribution in [1.29, 1.82) is 0 Å². The van der Waals surface area contributed by atoms with Crippen LogP contribution in [-0.2, 0) is 9.59 Å². The van der Waals surface area contributed by atoms with Crippen LogP contribution in [0.4, 0.5) is 10.5 Å². The first-order valence-electron chi connectivity index (χ1n) is 8.09. The average molecular weight is 399 g/mol. The number of hydrogen-bond acceptors (Lipinski definition) is 4. The summed E-state index contributed by atoms with van der Waals surface area (Å²) >= 11 is 11.9. The molecule has 1 aromatic rings. The molecule has 1 atom stereocenters. The molecule has 0 bridgehead atoms. The fraction of sp³-hybridized carbons (Fsp3) is 0.353. The minimum absolute atomic E-state index is 0.0477. The van der Waals surface area contributed by atoms with Gasteiger partial charge in [0.2, 0.25) is 11.8 Å². The Morgan fingerprint density at radius 2 is 2.08 bits per heavy atom. The van der Waals surface area contributed by atoms with Crippen molar-refractivity contribution >= 4 is 46.7 Å². The quantitative estimate of drug-likeness (QED) is 0.641. The second-order valence-electron chi connectivity index (χ2n) is 5.79. The lowest BCUT2D eigenvalue weighted by molar-refractivity contribution is -0.124. The van der Waals surface area contributed by atoms with Gasteiger partial charge in [0.05, 0.1) is 23.3 Å². The Labute approximate surface area is 161 Å². The van der Waals surface area contributed by atoms with Gasteiger partial charge in [-0.3, -0.25) is 19.8 Å². The van der Waals surface area contributed by atoms with E-state index in [2.05, 4.69) is 22.5 Å². The molecule has 140 valence electrons. The Morgan fingerprint density at radius 1 is 1.31 bits per heavy atom. The van der Waals surface area contributed by atoms with Crippen LogP contribution in [0.1, 0.15) is 12.8 Å². The number of nitrogens with zero attached hydrogens (tertiary/aromatic N) is 1. The number of imide groups is 1. The predicted molar refractivity (Wildman–Crippen MR) is 101 cm³/mol. The van der Waals surface area contributed by atoms with Crippen LogP contribution in [0.3, 0.4) is 0 Å². The molecule has 2 rings (SSSR count). The fourth-order valence-electron chi connectivity index (χ4n) is 2.68. The molecule has 0 spiro atoms. The van der Waals surface area contributed by atoms with Crippen LogP contribution in [0, 0.1) is 0 Å². The van der Waals surface area contributed by atoms with E-state index in [1.807, 2.05) is 0 Å². The molecule has 0 aromatic heterocycles. The largest absolute Gasteiger partial charge is 0.334 e. The molecule has 0 saturated carbocycles. The monoisotopic (exact) mass is 398 g/mol. The summed E-state index contributed by atoms with van der Waals surface area (Å²) in [6.45, 7) is 4.28. The number of halogens is 2. The van der Waals surface area contributed by atoms with Crippen LogP contribution in [0.5, 0.6) is 0 Å². The third kappa shape index (κ3) is 5.72. The molecule has 7 nitrogen and oxygen atoms in total. The van der Waals surface area contributed by atoms with Crippen molar-refractivity contribution in [2.75, 3.05) is 25.0 Å². The van der Waals surface area contributed by atoms with Crippen molar-refractivity contribution in [1.82, 2.24) is 15.5 Å². The molecule has 1 aliphatic rings. The average Bonchev–Trinajstić information content (AvgIpc) is 3.03. The molecule has 26 heavy (non-hydrogen) atoms. The van der Waals surface area contributed by atoms with Gasteiger partial charge in [0.15, 0.2) is 0 Å². The fourth-order valence-corrected chi connectivity index (χ4v) is 3.13. The minimum atomic E-state index is -0.594. The maximum Gasteiger partial charge on any atom is 0.321 e. The zero-order valence-electron chi connectivity index (χ0n) is 14.1. The topological polar surface area (TPSA) is 90.5 Å². The predicted octanol–water partition coefficient (Wildman–Crippen LogP) is 2.41. The van der Waals surface area contributed by atoms with E-state index in [0.29, 0.717) is 28.7 Å². The summed E-state index contributed by atoms with van der Waals surface area (Å²) in [6, 6.07) is 3.73. The van der Waals surface area contributed by atoms with Gasteiger partial charge in [-0.1, -0.05) is 29.3 Å². The summed E-state index contributed by atoms with van der Waals surface area (Å²) in [5, 5.41) is 8.25. The van der Waals surface area contributed by atoms with Crippen LogP contribution in [0.15, 0.2) is 30.9 Å². The van der Waals surface area contributed by atoms with Gasteiger partial charge in [0, 0.05) is 11.6 Å². The van der Waals surface area contributed by atoms with Gasteiger partial charge in [-0.15, -0.1) is 6.58 Å². The first-order valence-corrected chi connectivity index (χ1v) is 8.85. The highest BCUT2D eigenvalue weighted by atomic mass is 35.5. The molecule has 4 amide bonds. The molecule has 1 fully saturated rings. The van der Waals surface area contributed by atoms with Crippen molar-refractivity contribution in [2.45, 2.75) is 18.9 Å². The van der Waals surface area contributed by atoms with Crippen molar-refractivity contribution < 1.29 is 14.4 Å². The van der Waals surface area contributed by atoms with E-state index in [1.54, 1.807) is 23.1 Å². The summed E-state index contributed by atoms with van der Waals surface area (Å²) in [7, 11) is 0. The lowest BCUT2D eigenvalue weighted by atomic mass is 10.2. The highest BCUT2D eigenvalue weighted by Crippen LogP contribution is 2.26. The highest BCUT2D eigenvalue weighted by molar-refractivity contribution is 6.36. The summed E-state index contributed by atoms with van der Waals surface area (Å²) in [5.41, 5.74) is 0.459. The zero-order valence-corrected chi connectivity index (χ0v) is 15.6. The number of carbonyl (C=O) groups is 3. The molecule has 3 N–H and O–H groups in total. The second kappa shape index (κ2) is 9.56. The summed E-state index contributed by atoms with van der Waals surface area (Å²) in [5.74, 6) is -0.730. The van der Waals surface area contributed by atoms with Gasteiger partial charge in [-0.2, -0.15) is 0 Å². The molecule has 0 radical (unpaired) electrons. The van der Waals surface area contributed by atoms with E-state index in [9.17, 15) is 14.4 Å². The summed E-state index contributed by atoms with van der Waals surface area (Å²) in [6.07, 6.45) is 2.90. The lowest BCUT2D eigenvalue weighted by Crippen LogP contribution is -2.48. The number of likely N-dealkylation sites (tertiary alicyclic amines) is 1. The van der Waals surface area contributed by atoms with E-state index >= 15 is 0 Å². The molecule has 1 heterocycles. The number of rotatable bonds is 6. The van der Waals surface area contributed by atoms with Crippen LogP contribution < -0.4 is 16.0 Å². The Kier molecular flexibility index (Phi) is 7.44. The maximum absolute atomic E-state index is 12.5. The molecular weight excluding hydrogens is 379 g/mol. The Hall–Kier alpha value is -2.09. The van der Waals surface area contributed by atoms with Gasteiger partial charge >= 0.3 is 6.03 Å². The number of hydrogen-bond donors (Lipinski definition) is 3. The molecule has 9 heteroatoms. The lowest BCUT2D eigenvalue weighted by Gasteiger charge is -2.23. The summed E-state index contributed by atoms with van der Waals surface area (Å²) < 4.78 is 0. The van der Waals surface area contributed by atoms with Gasteiger partial charge in [-0.25, -0.2) is 4.79 Å². The zero-order chi connectivity index (χ0) is 19.1. The third-order valence-electron chi connectivity index (χ3n) is 3.86. The van der Waals surface area contributed by atoms with Crippen LogP contribution in [0.25, 0.3) is 0 Å². The Bertz CT molecular complexity index is 711. The van der Waals surface area contributed by atoms with E-state index < -0.39 is 18.0 Å². The molecule has 1 unspecified atom stereocenters. The van der Waals surface area contributed by atoms with Crippen molar-refractivity contribution in [3.05, 3.63) is 40.9 Å². The number of nitrogens with one attached hydrogen (secondary N) is 3. The van der Waals surface area contributed by atoms with Gasteiger partial charge in [-0.05, 0) is 37.6 Å².